The van der Waals surface area contributed by atoms with E-state index in [1.54, 1.807) is 25.1 Å². The molecule has 4 aromatic rings. The van der Waals surface area contributed by atoms with E-state index in [1.807, 2.05) is 0 Å². The van der Waals surface area contributed by atoms with Crippen LogP contribution in [0.25, 0.3) is 11.0 Å². The van der Waals surface area contributed by atoms with Crippen molar-refractivity contribution >= 4 is 11.0 Å². The number of methoxy groups -OCH3 is 1. The van der Waals surface area contributed by atoms with E-state index in [-0.39, 0.29) is 29.7 Å². The fourth-order valence-electron chi connectivity index (χ4n) is 3.93. The zero-order valence-corrected chi connectivity index (χ0v) is 18.8. The highest BCUT2D eigenvalue weighted by Gasteiger charge is 2.33. The van der Waals surface area contributed by atoms with Gasteiger partial charge in [-0.15, -0.1) is 0 Å². The van der Waals surface area contributed by atoms with E-state index in [2.05, 4.69) is 0 Å². The first kappa shape index (κ1) is 24.3. The van der Waals surface area contributed by atoms with Crippen molar-refractivity contribution < 1.29 is 31.4 Å². The quantitative estimate of drug-likeness (QED) is 0.316. The maximum atomic E-state index is 15.1. The molecule has 0 unspecified atom stereocenters. The monoisotopic (exact) mass is 492 g/mol. The molecular formula is C25H21F5N2O3. The standard InChI is InChI=1S/C25H21F5N2O3/c1-3-35-22-10-15(8-9-21(22)34-2)13-32-23-19(27)11-17(25(28,29)30)12-20(23)31(24(32)33)14-16-6-4-5-7-18(16)26/h4-12H,3,13-14H2,1-2H3. The minimum absolute atomic E-state index is 0.0783. The van der Waals surface area contributed by atoms with Gasteiger partial charge in [-0.05, 0) is 42.8 Å². The number of halogens is 5. The molecule has 0 N–H and O–H groups in total. The minimum atomic E-state index is -4.83. The Labute approximate surface area is 196 Å². The van der Waals surface area contributed by atoms with Crippen LogP contribution in [0.15, 0.2) is 59.4 Å². The third kappa shape index (κ3) is 4.73. The maximum absolute atomic E-state index is 15.1. The van der Waals surface area contributed by atoms with Gasteiger partial charge in [0, 0.05) is 5.56 Å². The van der Waals surface area contributed by atoms with Crippen molar-refractivity contribution in [1.82, 2.24) is 9.13 Å². The molecule has 0 spiro atoms. The lowest BCUT2D eigenvalue weighted by molar-refractivity contribution is -0.137. The molecule has 10 heteroatoms. The molecular weight excluding hydrogens is 471 g/mol. The molecule has 4 rings (SSSR count). The first-order valence-electron chi connectivity index (χ1n) is 10.7. The number of fused-ring (bicyclic) bond motifs is 1. The fraction of sp³-hybridized carbons (Fsp3) is 0.240. The van der Waals surface area contributed by atoms with Crippen molar-refractivity contribution in [2.75, 3.05) is 13.7 Å². The Morgan fingerprint density at radius 1 is 0.886 bits per heavy atom. The second kappa shape index (κ2) is 9.44. The Morgan fingerprint density at radius 3 is 2.29 bits per heavy atom. The van der Waals surface area contributed by atoms with Crippen LogP contribution in [0.3, 0.4) is 0 Å². The molecule has 1 heterocycles. The molecule has 0 aliphatic heterocycles. The van der Waals surface area contributed by atoms with Crippen molar-refractivity contribution in [2.45, 2.75) is 26.2 Å². The van der Waals surface area contributed by atoms with Crippen LogP contribution in [-0.2, 0) is 19.3 Å². The number of aromatic nitrogens is 2. The highest BCUT2D eigenvalue weighted by molar-refractivity contribution is 5.78. The molecule has 3 aromatic carbocycles. The van der Waals surface area contributed by atoms with Gasteiger partial charge in [0.25, 0.3) is 0 Å². The highest BCUT2D eigenvalue weighted by Crippen LogP contribution is 2.34. The Kier molecular flexibility index (Phi) is 6.56. The summed E-state index contributed by atoms with van der Waals surface area (Å²) >= 11 is 0. The Balaban J connectivity index is 1.91. The number of ether oxygens (including phenoxy) is 2. The molecule has 0 amide bonds. The van der Waals surface area contributed by atoms with Crippen LogP contribution in [0.2, 0.25) is 0 Å². The number of alkyl halides is 3. The second-order valence-corrected chi connectivity index (χ2v) is 7.79. The molecule has 0 radical (unpaired) electrons. The lowest BCUT2D eigenvalue weighted by Gasteiger charge is -2.12. The van der Waals surface area contributed by atoms with E-state index < -0.39 is 29.1 Å². The minimum Gasteiger partial charge on any atom is -0.493 e. The smallest absolute Gasteiger partial charge is 0.416 e. The van der Waals surface area contributed by atoms with Crippen LogP contribution in [0, 0.1) is 11.6 Å². The molecule has 0 atom stereocenters. The van der Waals surface area contributed by atoms with Crippen molar-refractivity contribution in [3.8, 4) is 11.5 Å². The van der Waals surface area contributed by atoms with Crippen LogP contribution in [0.4, 0.5) is 22.0 Å². The number of imidazole rings is 1. The molecule has 0 fully saturated rings. The molecule has 184 valence electrons. The summed E-state index contributed by atoms with van der Waals surface area (Å²) in [6.07, 6.45) is -4.83. The van der Waals surface area contributed by atoms with Crippen molar-refractivity contribution in [3.05, 3.63) is 93.4 Å². The average Bonchev–Trinajstić information content (AvgIpc) is 3.06. The lowest BCUT2D eigenvalue weighted by atomic mass is 10.1. The SMILES string of the molecule is CCOc1cc(Cn2c(=O)n(Cc3ccccc3F)c3cc(C(F)(F)F)cc(F)c32)ccc1OC. The van der Waals surface area contributed by atoms with Crippen LogP contribution in [-0.4, -0.2) is 22.9 Å². The normalized spacial score (nSPS) is 11.7. The van der Waals surface area contributed by atoms with Crippen LogP contribution >= 0.6 is 0 Å². The summed E-state index contributed by atoms with van der Waals surface area (Å²) in [6, 6.07) is 11.5. The van der Waals surface area contributed by atoms with Gasteiger partial charge >= 0.3 is 11.9 Å². The van der Waals surface area contributed by atoms with Gasteiger partial charge in [-0.3, -0.25) is 9.13 Å². The molecule has 1 aromatic heterocycles. The number of rotatable bonds is 7. The first-order valence-corrected chi connectivity index (χ1v) is 10.7. The molecule has 35 heavy (non-hydrogen) atoms. The molecule has 0 aliphatic carbocycles. The maximum Gasteiger partial charge on any atom is 0.416 e. The van der Waals surface area contributed by atoms with Gasteiger partial charge < -0.3 is 9.47 Å². The summed E-state index contributed by atoms with van der Waals surface area (Å²) in [5.41, 5.74) is -2.02. The lowest BCUT2D eigenvalue weighted by Crippen LogP contribution is -2.25. The van der Waals surface area contributed by atoms with Crippen molar-refractivity contribution in [1.29, 1.82) is 0 Å². The molecule has 0 aliphatic rings. The average molecular weight is 492 g/mol. The first-order chi connectivity index (χ1) is 16.6. The number of hydrogen-bond acceptors (Lipinski definition) is 3. The summed E-state index contributed by atoms with van der Waals surface area (Å²) in [7, 11) is 1.46. The van der Waals surface area contributed by atoms with Crippen molar-refractivity contribution in [2.24, 2.45) is 0 Å². The van der Waals surface area contributed by atoms with Gasteiger partial charge in [-0.2, -0.15) is 13.2 Å². The number of hydrogen-bond donors (Lipinski definition) is 0. The van der Waals surface area contributed by atoms with E-state index >= 15 is 4.39 Å². The summed E-state index contributed by atoms with van der Waals surface area (Å²) in [5.74, 6) is -0.997. The largest absolute Gasteiger partial charge is 0.493 e. The number of benzene rings is 3. The van der Waals surface area contributed by atoms with Gasteiger partial charge in [0.2, 0.25) is 0 Å². The van der Waals surface area contributed by atoms with Crippen LogP contribution < -0.4 is 15.2 Å². The topological polar surface area (TPSA) is 45.4 Å². The second-order valence-electron chi connectivity index (χ2n) is 7.79. The van der Waals surface area contributed by atoms with E-state index in [0.29, 0.717) is 35.8 Å². The Morgan fingerprint density at radius 2 is 1.63 bits per heavy atom. The molecule has 0 bridgehead atoms. The fourth-order valence-corrected chi connectivity index (χ4v) is 3.93. The van der Waals surface area contributed by atoms with E-state index in [9.17, 15) is 22.4 Å². The van der Waals surface area contributed by atoms with Gasteiger partial charge in [0.15, 0.2) is 11.5 Å². The van der Waals surface area contributed by atoms with Gasteiger partial charge in [-0.1, -0.05) is 24.3 Å². The van der Waals surface area contributed by atoms with E-state index in [0.717, 1.165) is 9.13 Å². The molecule has 5 nitrogen and oxygen atoms in total. The van der Waals surface area contributed by atoms with Gasteiger partial charge in [0.1, 0.15) is 17.2 Å². The summed E-state index contributed by atoms with van der Waals surface area (Å²) in [5, 5.41) is 0. The summed E-state index contributed by atoms with van der Waals surface area (Å²) < 4.78 is 82.4. The van der Waals surface area contributed by atoms with Crippen LogP contribution in [0.1, 0.15) is 23.6 Å². The molecule has 0 saturated carbocycles. The third-order valence-corrected chi connectivity index (χ3v) is 5.55. The summed E-state index contributed by atoms with van der Waals surface area (Å²) in [4.78, 5) is 13.4. The Hall–Kier alpha value is -3.82. The Bertz CT molecular complexity index is 1440. The zero-order valence-electron chi connectivity index (χ0n) is 18.8. The van der Waals surface area contributed by atoms with E-state index in [4.69, 9.17) is 9.47 Å². The molecule has 0 saturated heterocycles. The number of nitrogens with zero attached hydrogens (tertiary/aromatic N) is 2. The van der Waals surface area contributed by atoms with Gasteiger partial charge in [-0.25, -0.2) is 13.6 Å². The predicted molar refractivity (Wildman–Crippen MR) is 120 cm³/mol. The highest BCUT2D eigenvalue weighted by atomic mass is 19.4. The van der Waals surface area contributed by atoms with Crippen molar-refractivity contribution in [3.63, 3.8) is 0 Å². The zero-order chi connectivity index (χ0) is 25.3. The van der Waals surface area contributed by atoms with Crippen LogP contribution in [0.5, 0.6) is 11.5 Å². The summed E-state index contributed by atoms with van der Waals surface area (Å²) in [6.45, 7) is 1.59. The van der Waals surface area contributed by atoms with Gasteiger partial charge in [0.05, 0.1) is 37.9 Å². The predicted octanol–water partition coefficient (Wildman–Crippen LogP) is 5.60. The third-order valence-electron chi connectivity index (χ3n) is 5.55. The van der Waals surface area contributed by atoms with E-state index in [1.165, 1.54) is 31.4 Å².